The largest absolute Gasteiger partial charge is 0.368 e. The number of piperidine rings is 1. The zero-order chi connectivity index (χ0) is 15.7. The third-order valence-corrected chi connectivity index (χ3v) is 4.95. The minimum atomic E-state index is -0.257. The summed E-state index contributed by atoms with van der Waals surface area (Å²) >= 11 is 0. The van der Waals surface area contributed by atoms with Crippen molar-refractivity contribution in [1.29, 1.82) is 0 Å². The van der Waals surface area contributed by atoms with Crippen molar-refractivity contribution < 1.29 is 9.53 Å². The molecule has 1 N–H and O–H groups in total. The summed E-state index contributed by atoms with van der Waals surface area (Å²) in [7, 11) is 0. The van der Waals surface area contributed by atoms with E-state index in [4.69, 9.17) is 4.74 Å². The molecule has 6 heteroatoms. The van der Waals surface area contributed by atoms with Crippen LogP contribution in [0.25, 0.3) is 0 Å². The van der Waals surface area contributed by atoms with Gasteiger partial charge in [-0.3, -0.25) is 9.89 Å². The number of hydrogen-bond donors (Lipinski definition) is 1. The van der Waals surface area contributed by atoms with Gasteiger partial charge in [-0.2, -0.15) is 5.10 Å². The first-order valence-corrected chi connectivity index (χ1v) is 8.35. The summed E-state index contributed by atoms with van der Waals surface area (Å²) in [5.74, 6) is 2.89. The highest BCUT2D eigenvalue weighted by molar-refractivity contribution is 5.81. The fourth-order valence-corrected chi connectivity index (χ4v) is 3.65. The monoisotopic (exact) mass is 306 g/mol. The van der Waals surface area contributed by atoms with Crippen LogP contribution in [0.1, 0.15) is 50.7 Å². The molecule has 3 atom stereocenters. The van der Waals surface area contributed by atoms with Crippen molar-refractivity contribution in [3.63, 3.8) is 0 Å². The van der Waals surface area contributed by atoms with Crippen LogP contribution >= 0.6 is 0 Å². The van der Waals surface area contributed by atoms with Crippen LogP contribution in [-0.4, -0.2) is 51.8 Å². The van der Waals surface area contributed by atoms with Crippen LogP contribution in [0, 0.1) is 18.8 Å². The van der Waals surface area contributed by atoms with Crippen molar-refractivity contribution in [2.75, 3.05) is 19.7 Å². The summed E-state index contributed by atoms with van der Waals surface area (Å²) in [5.41, 5.74) is 0. The van der Waals surface area contributed by atoms with Crippen molar-refractivity contribution in [1.82, 2.24) is 20.1 Å². The Morgan fingerprint density at radius 3 is 2.91 bits per heavy atom. The first kappa shape index (κ1) is 15.5. The van der Waals surface area contributed by atoms with Gasteiger partial charge in [0, 0.05) is 25.6 Å². The average molecular weight is 306 g/mol. The molecule has 1 unspecified atom stereocenters. The first-order chi connectivity index (χ1) is 10.6. The van der Waals surface area contributed by atoms with Crippen LogP contribution < -0.4 is 0 Å². The van der Waals surface area contributed by atoms with E-state index in [0.717, 1.165) is 37.5 Å². The van der Waals surface area contributed by atoms with E-state index in [1.807, 2.05) is 11.8 Å². The smallest absolute Gasteiger partial charge is 0.252 e. The Kier molecular flexibility index (Phi) is 4.47. The highest BCUT2D eigenvalue weighted by Crippen LogP contribution is 2.31. The number of aromatic nitrogens is 3. The molecule has 1 aromatic rings. The topological polar surface area (TPSA) is 71.1 Å². The van der Waals surface area contributed by atoms with Gasteiger partial charge in [-0.25, -0.2) is 4.98 Å². The molecule has 0 aliphatic carbocycles. The summed E-state index contributed by atoms with van der Waals surface area (Å²) in [4.78, 5) is 19.2. The first-order valence-electron chi connectivity index (χ1n) is 8.35. The molecule has 2 aliphatic rings. The normalized spacial score (nSPS) is 29.3. The number of hydrogen-bond acceptors (Lipinski definition) is 4. The summed E-state index contributed by atoms with van der Waals surface area (Å²) < 4.78 is 5.76. The number of amides is 1. The van der Waals surface area contributed by atoms with E-state index in [2.05, 4.69) is 29.0 Å². The van der Waals surface area contributed by atoms with E-state index in [9.17, 15) is 4.79 Å². The van der Waals surface area contributed by atoms with Crippen molar-refractivity contribution in [2.24, 2.45) is 11.8 Å². The molecule has 0 spiro atoms. The van der Waals surface area contributed by atoms with Crippen molar-refractivity contribution in [2.45, 2.75) is 52.1 Å². The minimum Gasteiger partial charge on any atom is -0.368 e. The number of aryl methyl sites for hydroxylation is 1. The van der Waals surface area contributed by atoms with Crippen LogP contribution in [0.2, 0.25) is 0 Å². The summed E-state index contributed by atoms with van der Waals surface area (Å²) in [6.45, 7) is 8.49. The van der Waals surface area contributed by atoms with E-state index in [-0.39, 0.29) is 17.9 Å². The van der Waals surface area contributed by atoms with E-state index in [1.54, 1.807) is 0 Å². The highest BCUT2D eigenvalue weighted by atomic mass is 16.5. The summed E-state index contributed by atoms with van der Waals surface area (Å²) in [6.07, 6.45) is 2.78. The third kappa shape index (κ3) is 3.02. The highest BCUT2D eigenvalue weighted by Gasteiger charge is 2.39. The molecule has 0 bridgehead atoms. The molecule has 2 fully saturated rings. The Morgan fingerprint density at radius 1 is 1.41 bits per heavy atom. The maximum atomic E-state index is 12.8. The van der Waals surface area contributed by atoms with Gasteiger partial charge in [0.2, 0.25) is 0 Å². The maximum absolute atomic E-state index is 12.8. The number of carbonyl (C=O) groups excluding carboxylic acids is 1. The number of nitrogens with one attached hydrogen (secondary N) is 1. The predicted molar refractivity (Wildman–Crippen MR) is 82.4 cm³/mol. The molecule has 0 aromatic carbocycles. The van der Waals surface area contributed by atoms with E-state index in [0.29, 0.717) is 25.0 Å². The number of likely N-dealkylation sites (tertiary alicyclic amines) is 1. The lowest BCUT2D eigenvalue weighted by molar-refractivity contribution is -0.144. The predicted octanol–water partition coefficient (Wildman–Crippen LogP) is 1.88. The van der Waals surface area contributed by atoms with Gasteiger partial charge >= 0.3 is 0 Å². The van der Waals surface area contributed by atoms with Gasteiger partial charge in [0.05, 0.1) is 0 Å². The van der Waals surface area contributed by atoms with Gasteiger partial charge in [0.1, 0.15) is 11.9 Å². The number of nitrogens with zero attached hydrogens (tertiary/aromatic N) is 3. The van der Waals surface area contributed by atoms with E-state index >= 15 is 0 Å². The van der Waals surface area contributed by atoms with Crippen LogP contribution in [-0.2, 0) is 9.53 Å². The quantitative estimate of drug-likeness (QED) is 0.925. The minimum absolute atomic E-state index is 0.160. The van der Waals surface area contributed by atoms with Crippen molar-refractivity contribution in [3.8, 4) is 0 Å². The Bertz CT molecular complexity index is 528. The third-order valence-electron chi connectivity index (χ3n) is 4.95. The fourth-order valence-electron chi connectivity index (χ4n) is 3.65. The van der Waals surface area contributed by atoms with E-state index in [1.165, 1.54) is 0 Å². The summed E-state index contributed by atoms with van der Waals surface area (Å²) in [6, 6.07) is 0. The molecule has 3 heterocycles. The summed E-state index contributed by atoms with van der Waals surface area (Å²) in [5, 5.41) is 7.17. The lowest BCUT2D eigenvalue weighted by Gasteiger charge is -2.34. The van der Waals surface area contributed by atoms with Gasteiger partial charge in [0.25, 0.3) is 5.91 Å². The molecular formula is C16H26N4O2. The second kappa shape index (κ2) is 6.36. The van der Waals surface area contributed by atoms with E-state index < -0.39 is 0 Å². The molecular weight excluding hydrogens is 280 g/mol. The zero-order valence-corrected chi connectivity index (χ0v) is 13.7. The lowest BCUT2D eigenvalue weighted by atomic mass is 9.88. The Hall–Kier alpha value is -1.43. The Morgan fingerprint density at radius 2 is 2.23 bits per heavy atom. The van der Waals surface area contributed by atoms with Gasteiger partial charge in [-0.15, -0.1) is 0 Å². The van der Waals surface area contributed by atoms with Crippen LogP contribution in [0.3, 0.4) is 0 Å². The second-order valence-electron chi connectivity index (χ2n) is 6.89. The number of rotatable bonds is 3. The molecule has 122 valence electrons. The number of ether oxygens (including phenoxy) is 1. The SMILES string of the molecule is Cc1nc(C2CCCN(C(=O)[C@@H]3OCC[C@@H]3C(C)C)C2)n[nH]1. The number of aromatic amines is 1. The maximum Gasteiger partial charge on any atom is 0.252 e. The molecule has 6 nitrogen and oxygen atoms in total. The van der Waals surface area contributed by atoms with Gasteiger partial charge in [0.15, 0.2) is 5.82 Å². The number of carbonyl (C=O) groups is 1. The molecule has 1 aromatic heterocycles. The van der Waals surface area contributed by atoms with Gasteiger partial charge in [-0.05, 0) is 38.0 Å². The zero-order valence-electron chi connectivity index (χ0n) is 13.7. The fraction of sp³-hybridized carbons (Fsp3) is 0.812. The van der Waals surface area contributed by atoms with Crippen LogP contribution in [0.5, 0.6) is 0 Å². The van der Waals surface area contributed by atoms with Crippen molar-refractivity contribution in [3.05, 3.63) is 11.6 Å². The lowest BCUT2D eigenvalue weighted by Crippen LogP contribution is -2.46. The second-order valence-corrected chi connectivity index (χ2v) is 6.89. The average Bonchev–Trinajstić information content (AvgIpc) is 3.15. The molecule has 0 radical (unpaired) electrons. The molecule has 1 amide bonds. The number of H-pyrrole nitrogens is 1. The van der Waals surface area contributed by atoms with Crippen molar-refractivity contribution >= 4 is 5.91 Å². The molecule has 2 aliphatic heterocycles. The van der Waals surface area contributed by atoms with Crippen LogP contribution in [0.15, 0.2) is 0 Å². The standard InChI is InChI=1S/C16H26N4O2/c1-10(2)13-6-8-22-14(13)16(21)20-7-4-5-12(9-20)15-17-11(3)18-19-15/h10,12-14H,4-9H2,1-3H3,(H,17,18,19)/t12?,13-,14-/m1/s1. The molecule has 22 heavy (non-hydrogen) atoms. The van der Waals surface area contributed by atoms with Gasteiger partial charge < -0.3 is 9.64 Å². The van der Waals surface area contributed by atoms with Gasteiger partial charge in [-0.1, -0.05) is 13.8 Å². The Labute approximate surface area is 131 Å². The molecule has 0 saturated carbocycles. The molecule has 2 saturated heterocycles. The molecule has 3 rings (SSSR count). The van der Waals surface area contributed by atoms with Crippen LogP contribution in [0.4, 0.5) is 0 Å². The Balaban J connectivity index is 1.67.